The molecular weight excluding hydrogens is 602 g/mol. The van der Waals surface area contributed by atoms with Crippen LogP contribution in [0.3, 0.4) is 0 Å². The normalized spacial score (nSPS) is 12.8. The van der Waals surface area contributed by atoms with Gasteiger partial charge in [-0.2, -0.15) is 0 Å². The predicted molar refractivity (Wildman–Crippen MR) is 160 cm³/mol. The number of nitrogens with zero attached hydrogens (tertiary/aromatic N) is 2. The largest absolute Gasteiger partial charge is 0.352 e. The van der Waals surface area contributed by atoms with Crippen LogP contribution >= 0.6 is 27.5 Å². The summed E-state index contributed by atoms with van der Waals surface area (Å²) in [6.07, 6.45) is 2.04. The highest BCUT2D eigenvalue weighted by molar-refractivity contribution is 9.10. The molecule has 0 heterocycles. The summed E-state index contributed by atoms with van der Waals surface area (Å²) in [6, 6.07) is 22.2. The van der Waals surface area contributed by atoms with E-state index >= 15 is 0 Å². The second-order valence-corrected chi connectivity index (χ2v) is 12.7. The van der Waals surface area contributed by atoms with E-state index in [1.807, 2.05) is 68.4 Å². The van der Waals surface area contributed by atoms with Crippen molar-refractivity contribution < 1.29 is 18.0 Å². The number of carbonyl (C=O) groups excluding carboxylic acids is 2. The predicted octanol–water partition coefficient (Wildman–Crippen LogP) is 5.42. The quantitative estimate of drug-likeness (QED) is 0.288. The second kappa shape index (κ2) is 14.0. The number of sulfonamides is 1. The number of carbonyl (C=O) groups is 2. The molecule has 208 valence electrons. The molecule has 1 N–H and O–H groups in total. The van der Waals surface area contributed by atoms with Gasteiger partial charge in [-0.15, -0.1) is 0 Å². The molecule has 0 spiro atoms. The van der Waals surface area contributed by atoms with Gasteiger partial charge in [0.1, 0.15) is 12.6 Å². The molecule has 10 heteroatoms. The van der Waals surface area contributed by atoms with E-state index in [9.17, 15) is 18.0 Å². The summed E-state index contributed by atoms with van der Waals surface area (Å²) in [4.78, 5) is 29.1. The molecule has 0 fully saturated rings. The molecular formula is C29H33BrClN3O4S. The van der Waals surface area contributed by atoms with Crippen LogP contribution in [0.25, 0.3) is 0 Å². The number of nitrogens with one attached hydrogen (secondary N) is 1. The number of halogens is 2. The van der Waals surface area contributed by atoms with Crippen molar-refractivity contribution in [2.24, 2.45) is 0 Å². The monoisotopic (exact) mass is 633 g/mol. The number of benzene rings is 3. The lowest BCUT2D eigenvalue weighted by Gasteiger charge is -2.34. The van der Waals surface area contributed by atoms with Crippen molar-refractivity contribution in [2.75, 3.05) is 17.1 Å². The van der Waals surface area contributed by atoms with Crippen molar-refractivity contribution >= 4 is 55.1 Å². The van der Waals surface area contributed by atoms with Crippen molar-refractivity contribution in [3.63, 3.8) is 0 Å². The first-order valence-corrected chi connectivity index (χ1v) is 15.6. The standard InChI is InChI=1S/C29H33BrClN3O4S/c1-4-21(2)32-29(36)27(18-22-8-6-5-7-9-22)33(19-23-10-12-24(30)13-11-23)28(35)20-34(39(3,37)38)26-16-14-25(31)15-17-26/h5-17,21,27H,4,18-20H2,1-3H3,(H,32,36). The summed E-state index contributed by atoms with van der Waals surface area (Å²) >= 11 is 9.43. The van der Waals surface area contributed by atoms with Crippen LogP contribution in [0, 0.1) is 0 Å². The lowest BCUT2D eigenvalue weighted by molar-refractivity contribution is -0.140. The van der Waals surface area contributed by atoms with E-state index in [2.05, 4.69) is 21.2 Å². The van der Waals surface area contributed by atoms with Gasteiger partial charge in [-0.25, -0.2) is 8.42 Å². The number of hydrogen-bond donors (Lipinski definition) is 1. The van der Waals surface area contributed by atoms with Crippen LogP contribution in [0.4, 0.5) is 5.69 Å². The summed E-state index contributed by atoms with van der Waals surface area (Å²) in [5.41, 5.74) is 1.99. The van der Waals surface area contributed by atoms with Gasteiger partial charge in [-0.05, 0) is 60.9 Å². The smallest absolute Gasteiger partial charge is 0.244 e. The summed E-state index contributed by atoms with van der Waals surface area (Å²) in [6.45, 7) is 3.52. The van der Waals surface area contributed by atoms with Gasteiger partial charge in [-0.3, -0.25) is 13.9 Å². The molecule has 0 aliphatic heterocycles. The molecule has 0 saturated carbocycles. The molecule has 39 heavy (non-hydrogen) atoms. The van der Waals surface area contributed by atoms with Crippen LogP contribution in [0.5, 0.6) is 0 Å². The van der Waals surface area contributed by atoms with Crippen molar-refractivity contribution in [1.82, 2.24) is 10.2 Å². The molecule has 0 aliphatic rings. The van der Waals surface area contributed by atoms with Crippen LogP contribution < -0.4 is 9.62 Å². The van der Waals surface area contributed by atoms with E-state index in [1.54, 1.807) is 24.3 Å². The first kappa shape index (κ1) is 30.7. The molecule has 3 rings (SSSR count). The Morgan fingerprint density at radius 2 is 1.56 bits per heavy atom. The van der Waals surface area contributed by atoms with Crippen LogP contribution in [-0.4, -0.2) is 50.0 Å². The van der Waals surface area contributed by atoms with Crippen LogP contribution in [0.15, 0.2) is 83.3 Å². The minimum Gasteiger partial charge on any atom is -0.352 e. The maximum Gasteiger partial charge on any atom is 0.244 e. The van der Waals surface area contributed by atoms with Gasteiger partial charge < -0.3 is 10.2 Å². The van der Waals surface area contributed by atoms with E-state index in [0.29, 0.717) is 10.7 Å². The zero-order valence-corrected chi connectivity index (χ0v) is 25.3. The molecule has 3 aromatic carbocycles. The van der Waals surface area contributed by atoms with Crippen LogP contribution in [0.2, 0.25) is 5.02 Å². The fourth-order valence-electron chi connectivity index (χ4n) is 4.00. The average Bonchev–Trinajstić information content (AvgIpc) is 2.90. The summed E-state index contributed by atoms with van der Waals surface area (Å²) in [7, 11) is -3.83. The summed E-state index contributed by atoms with van der Waals surface area (Å²) in [5, 5.41) is 3.46. The van der Waals surface area contributed by atoms with Gasteiger partial charge in [-0.1, -0.05) is 76.9 Å². The number of hydrogen-bond acceptors (Lipinski definition) is 4. The van der Waals surface area contributed by atoms with E-state index in [1.165, 1.54) is 4.90 Å². The Hall–Kier alpha value is -2.88. The second-order valence-electron chi connectivity index (χ2n) is 9.42. The maximum atomic E-state index is 14.0. The average molecular weight is 635 g/mol. The summed E-state index contributed by atoms with van der Waals surface area (Å²) in [5.74, 6) is -0.797. The topological polar surface area (TPSA) is 86.8 Å². The van der Waals surface area contributed by atoms with Crippen molar-refractivity contribution in [3.05, 3.63) is 99.5 Å². The molecule has 0 aromatic heterocycles. The molecule has 2 atom stereocenters. The fraction of sp³-hybridized carbons (Fsp3) is 0.310. The first-order valence-electron chi connectivity index (χ1n) is 12.6. The van der Waals surface area contributed by atoms with Crippen molar-refractivity contribution in [1.29, 1.82) is 0 Å². The van der Waals surface area contributed by atoms with E-state index in [4.69, 9.17) is 11.6 Å². The highest BCUT2D eigenvalue weighted by atomic mass is 79.9. The van der Waals surface area contributed by atoms with Gasteiger partial charge >= 0.3 is 0 Å². The first-order chi connectivity index (χ1) is 18.5. The molecule has 0 bridgehead atoms. The molecule has 0 aliphatic carbocycles. The van der Waals surface area contributed by atoms with Crippen molar-refractivity contribution in [2.45, 2.75) is 45.3 Å². The Kier molecular flexibility index (Phi) is 11.0. The van der Waals surface area contributed by atoms with Crippen LogP contribution in [0.1, 0.15) is 31.4 Å². The maximum absolute atomic E-state index is 14.0. The van der Waals surface area contributed by atoms with E-state index in [0.717, 1.165) is 32.6 Å². The van der Waals surface area contributed by atoms with Gasteiger partial charge in [0.2, 0.25) is 21.8 Å². The van der Waals surface area contributed by atoms with Gasteiger partial charge in [0.15, 0.2) is 0 Å². The fourth-order valence-corrected chi connectivity index (χ4v) is 5.24. The Balaban J connectivity index is 2.04. The van der Waals surface area contributed by atoms with Gasteiger partial charge in [0.05, 0.1) is 11.9 Å². The third-order valence-electron chi connectivity index (χ3n) is 6.33. The number of amides is 2. The lowest BCUT2D eigenvalue weighted by atomic mass is 10.0. The highest BCUT2D eigenvalue weighted by Crippen LogP contribution is 2.22. The minimum absolute atomic E-state index is 0.0954. The molecule has 0 saturated heterocycles. The highest BCUT2D eigenvalue weighted by Gasteiger charge is 2.33. The summed E-state index contributed by atoms with van der Waals surface area (Å²) < 4.78 is 27.5. The Bertz CT molecular complexity index is 1350. The zero-order valence-electron chi connectivity index (χ0n) is 22.2. The number of anilines is 1. The third-order valence-corrected chi connectivity index (χ3v) is 8.25. The molecule has 2 unspecified atom stereocenters. The molecule has 7 nitrogen and oxygen atoms in total. The Labute approximate surface area is 244 Å². The van der Waals surface area contributed by atoms with Crippen molar-refractivity contribution in [3.8, 4) is 0 Å². The molecule has 3 aromatic rings. The lowest BCUT2D eigenvalue weighted by Crippen LogP contribution is -2.54. The van der Waals surface area contributed by atoms with E-state index < -0.39 is 28.5 Å². The molecule has 2 amide bonds. The minimum atomic E-state index is -3.83. The number of rotatable bonds is 12. The third kappa shape index (κ3) is 9.08. The Morgan fingerprint density at radius 1 is 0.949 bits per heavy atom. The van der Waals surface area contributed by atoms with Crippen LogP contribution in [-0.2, 0) is 32.6 Å². The zero-order chi connectivity index (χ0) is 28.6. The van der Waals surface area contributed by atoms with E-state index in [-0.39, 0.29) is 24.9 Å². The molecule has 0 radical (unpaired) electrons. The van der Waals surface area contributed by atoms with Gasteiger partial charge in [0, 0.05) is 28.5 Å². The Morgan fingerprint density at radius 3 is 2.13 bits per heavy atom. The van der Waals surface area contributed by atoms with Gasteiger partial charge in [0.25, 0.3) is 0 Å². The SMILES string of the molecule is CCC(C)NC(=O)C(Cc1ccccc1)N(Cc1ccc(Br)cc1)C(=O)CN(c1ccc(Cl)cc1)S(C)(=O)=O.